The average Bonchev–Trinajstić information content (AvgIpc) is 4.02. The van der Waals surface area contributed by atoms with E-state index in [0.29, 0.717) is 0 Å². The summed E-state index contributed by atoms with van der Waals surface area (Å²) >= 11 is 0. The number of nitrogens with zero attached hydrogens (tertiary/aromatic N) is 5. The molecule has 1 unspecified atom stereocenters. The summed E-state index contributed by atoms with van der Waals surface area (Å²) in [6.07, 6.45) is -0.497. The van der Waals surface area contributed by atoms with Crippen LogP contribution in [0.15, 0.2) is 223 Å². The maximum atomic E-state index is 5.67. The summed E-state index contributed by atoms with van der Waals surface area (Å²) in [6.45, 7) is 0. The molecule has 0 fully saturated rings. The van der Waals surface area contributed by atoms with Gasteiger partial charge in [-0.05, 0) is 82.6 Å². The lowest BCUT2D eigenvalue weighted by Gasteiger charge is -2.24. The third kappa shape index (κ3) is 5.51. The van der Waals surface area contributed by atoms with Gasteiger partial charge in [-0.15, -0.1) is 0 Å². The van der Waals surface area contributed by atoms with Crippen molar-refractivity contribution in [1.29, 1.82) is 0 Å². The van der Waals surface area contributed by atoms with E-state index in [1.165, 1.54) is 48.9 Å². The molecule has 0 radical (unpaired) electrons. The summed E-state index contributed by atoms with van der Waals surface area (Å²) in [6, 6.07) is 77.9. The van der Waals surface area contributed by atoms with Gasteiger partial charge in [-0.3, -0.25) is 4.57 Å². The van der Waals surface area contributed by atoms with Gasteiger partial charge in [0.1, 0.15) is 11.2 Å². The molecular formula is C57H38N6. The molecule has 6 heteroatoms. The Hall–Kier alpha value is -8.48. The van der Waals surface area contributed by atoms with E-state index in [4.69, 9.17) is 9.98 Å². The van der Waals surface area contributed by atoms with Crippen LogP contribution in [0.3, 0.4) is 0 Å². The minimum absolute atomic E-state index is 0.497. The summed E-state index contributed by atoms with van der Waals surface area (Å²) in [5.41, 5.74) is 12.9. The maximum absolute atomic E-state index is 5.67. The topological polar surface area (TPSA) is 52.1 Å². The third-order valence-electron chi connectivity index (χ3n) is 12.7. The van der Waals surface area contributed by atoms with Crippen LogP contribution in [0.1, 0.15) is 11.9 Å². The van der Waals surface area contributed by atoms with E-state index < -0.39 is 6.29 Å². The van der Waals surface area contributed by atoms with E-state index in [0.717, 1.165) is 61.5 Å². The van der Waals surface area contributed by atoms with Crippen LogP contribution in [0.2, 0.25) is 0 Å². The monoisotopic (exact) mass is 806 g/mol. The van der Waals surface area contributed by atoms with Crippen LogP contribution in [-0.2, 0) is 0 Å². The fourth-order valence-corrected chi connectivity index (χ4v) is 9.86. The molecule has 13 rings (SSSR count). The molecule has 1 N–H and O–H groups in total. The van der Waals surface area contributed by atoms with Gasteiger partial charge in [-0.2, -0.15) is 0 Å². The van der Waals surface area contributed by atoms with E-state index in [1.807, 2.05) is 6.07 Å². The van der Waals surface area contributed by atoms with Crippen molar-refractivity contribution in [3.63, 3.8) is 0 Å². The lowest BCUT2D eigenvalue weighted by Crippen LogP contribution is -2.44. The first-order valence-electron chi connectivity index (χ1n) is 21.4. The van der Waals surface area contributed by atoms with Crippen molar-refractivity contribution in [2.75, 3.05) is 0 Å². The Labute approximate surface area is 362 Å². The molecule has 63 heavy (non-hydrogen) atoms. The second-order valence-electron chi connectivity index (χ2n) is 16.2. The van der Waals surface area contributed by atoms with E-state index in [-0.39, 0.29) is 0 Å². The molecule has 296 valence electrons. The lowest BCUT2D eigenvalue weighted by atomic mass is 9.99. The second-order valence-corrected chi connectivity index (χ2v) is 16.2. The van der Waals surface area contributed by atoms with Crippen LogP contribution in [0.4, 0.5) is 0 Å². The molecule has 9 aromatic carbocycles. The van der Waals surface area contributed by atoms with E-state index in [2.05, 4.69) is 231 Å². The number of hydrogen-bond donors (Lipinski definition) is 1. The van der Waals surface area contributed by atoms with Gasteiger partial charge in [0.2, 0.25) is 6.29 Å². The van der Waals surface area contributed by atoms with Crippen molar-refractivity contribution in [2.24, 2.45) is 4.99 Å². The van der Waals surface area contributed by atoms with Crippen LogP contribution in [0, 0.1) is 0 Å². The normalized spacial score (nSPS) is 13.8. The van der Waals surface area contributed by atoms with Gasteiger partial charge in [-0.25, -0.2) is 9.98 Å². The zero-order valence-electron chi connectivity index (χ0n) is 34.1. The van der Waals surface area contributed by atoms with Gasteiger partial charge in [0.05, 0.1) is 27.8 Å². The number of rotatable bonds is 6. The van der Waals surface area contributed by atoms with Crippen molar-refractivity contribution in [2.45, 2.75) is 6.29 Å². The van der Waals surface area contributed by atoms with Gasteiger partial charge in [0.25, 0.3) is 0 Å². The number of benzene rings is 9. The quantitative estimate of drug-likeness (QED) is 0.182. The molecule has 1 atom stereocenters. The van der Waals surface area contributed by atoms with E-state index >= 15 is 0 Å². The molecule has 0 aliphatic carbocycles. The molecule has 12 aromatic rings. The third-order valence-corrected chi connectivity index (χ3v) is 12.7. The van der Waals surface area contributed by atoms with Crippen molar-refractivity contribution >= 4 is 60.1 Å². The predicted octanol–water partition coefficient (Wildman–Crippen LogP) is 12.1. The summed E-state index contributed by atoms with van der Waals surface area (Å²) in [7, 11) is 0. The van der Waals surface area contributed by atoms with Gasteiger partial charge in [0, 0.05) is 44.0 Å². The Bertz CT molecular complexity index is 3870. The first-order valence-corrected chi connectivity index (χ1v) is 21.4. The fraction of sp³-hybridized carbons (Fsp3) is 0.0175. The minimum atomic E-state index is -0.497. The molecule has 0 amide bonds. The van der Waals surface area contributed by atoms with Gasteiger partial charge in [-0.1, -0.05) is 158 Å². The smallest absolute Gasteiger partial charge is 0.203 e. The van der Waals surface area contributed by atoms with Crippen LogP contribution in [0.25, 0.3) is 94.0 Å². The van der Waals surface area contributed by atoms with Crippen molar-refractivity contribution in [3.8, 4) is 33.9 Å². The van der Waals surface area contributed by atoms with Crippen molar-refractivity contribution in [3.05, 3.63) is 235 Å². The highest BCUT2D eigenvalue weighted by molar-refractivity contribution is 6.21. The number of imidazole rings is 1. The summed E-state index contributed by atoms with van der Waals surface area (Å²) in [5, 5.41) is 12.0. The molecule has 4 heterocycles. The van der Waals surface area contributed by atoms with E-state index in [9.17, 15) is 0 Å². The number of hydrogen-bond acceptors (Lipinski definition) is 3. The van der Waals surface area contributed by atoms with Crippen LogP contribution in [0.5, 0.6) is 0 Å². The highest BCUT2D eigenvalue weighted by Gasteiger charge is 2.27. The molecule has 0 saturated carbocycles. The molecular weight excluding hydrogens is 769 g/mol. The SMILES string of the molecule is c1ccc(C2=c3nc(-c4ccccc4)n(-c4ccccc4)c3=NC(n3c4ccc(-c5ccc6c(c5)c5ccccc5n6-c5ccccc5)cc4c4c5ccccc5ccc43)N2)cc1. The van der Waals surface area contributed by atoms with Gasteiger partial charge < -0.3 is 14.5 Å². The summed E-state index contributed by atoms with van der Waals surface area (Å²) in [5.74, 6) is 0.841. The van der Waals surface area contributed by atoms with Crippen LogP contribution < -0.4 is 16.2 Å². The number of fused-ring (bicyclic) bond motifs is 9. The molecule has 6 nitrogen and oxygen atoms in total. The molecule has 0 bridgehead atoms. The molecule has 1 aliphatic heterocycles. The Kier molecular flexibility index (Phi) is 7.87. The Morgan fingerprint density at radius 1 is 0.397 bits per heavy atom. The van der Waals surface area contributed by atoms with Crippen LogP contribution >= 0.6 is 0 Å². The fourth-order valence-electron chi connectivity index (χ4n) is 9.86. The molecule has 0 spiro atoms. The standard InChI is InChI=1S/C57H38N6/c1-5-18-38(19-6-1)53-54-56(62(43-24-11-4-12-25-43)55(58-54)39-20-7-2-8-21-39)60-57(59-53)63-50-33-31-41(36-47(50)52-44-26-14-13-17-37(44)29-34-51(52)63)40-30-32-49-46(35-40)45-27-15-16-28-48(45)61(49)42-22-9-3-10-23-42/h1-36,57,59H. The zero-order chi connectivity index (χ0) is 41.4. The maximum Gasteiger partial charge on any atom is 0.203 e. The number of nitrogens with one attached hydrogen (secondary N) is 1. The first kappa shape index (κ1) is 35.3. The molecule has 3 aromatic heterocycles. The summed E-state index contributed by atoms with van der Waals surface area (Å²) < 4.78 is 6.97. The Morgan fingerprint density at radius 2 is 0.952 bits per heavy atom. The Balaban J connectivity index is 1.06. The summed E-state index contributed by atoms with van der Waals surface area (Å²) in [4.78, 5) is 11.1. The van der Waals surface area contributed by atoms with Crippen molar-refractivity contribution in [1.82, 2.24) is 24.0 Å². The zero-order valence-corrected chi connectivity index (χ0v) is 34.1. The largest absolute Gasteiger partial charge is 0.344 e. The number of para-hydroxylation sites is 3. The molecule has 0 saturated heterocycles. The predicted molar refractivity (Wildman–Crippen MR) is 258 cm³/mol. The van der Waals surface area contributed by atoms with Crippen LogP contribution in [-0.4, -0.2) is 18.7 Å². The minimum Gasteiger partial charge on any atom is -0.344 e. The Morgan fingerprint density at radius 3 is 1.68 bits per heavy atom. The number of aromatic nitrogens is 4. The highest BCUT2D eigenvalue weighted by atomic mass is 15.3. The lowest BCUT2D eigenvalue weighted by molar-refractivity contribution is 0.483. The first-order chi connectivity index (χ1) is 31.3. The van der Waals surface area contributed by atoms with E-state index in [1.54, 1.807) is 0 Å². The molecule has 1 aliphatic rings. The van der Waals surface area contributed by atoms with Crippen molar-refractivity contribution < 1.29 is 0 Å². The highest BCUT2D eigenvalue weighted by Crippen LogP contribution is 2.41. The van der Waals surface area contributed by atoms with Gasteiger partial charge >= 0.3 is 0 Å². The second kappa shape index (κ2) is 14.0. The average molecular weight is 807 g/mol. The van der Waals surface area contributed by atoms with Gasteiger partial charge in [0.15, 0.2) is 5.49 Å².